The Balaban J connectivity index is 1.23. The van der Waals surface area contributed by atoms with Crippen molar-refractivity contribution in [2.45, 2.75) is 160 Å². The Hall–Kier alpha value is -1.00. The van der Waals surface area contributed by atoms with Crippen molar-refractivity contribution < 1.29 is 124 Å². The minimum Gasteiger partial charge on any atom is -0.394 e. The highest BCUT2D eigenvalue weighted by Gasteiger charge is 2.56. The van der Waals surface area contributed by atoms with Crippen LogP contribution in [0.5, 0.6) is 0 Å². The van der Waals surface area contributed by atoms with Crippen LogP contribution < -0.4 is 0 Å². The number of hydrogen-bond donors (Lipinski definition) is 15. The van der Waals surface area contributed by atoms with Crippen molar-refractivity contribution >= 4 is 0 Å². The number of rotatable bonds is 13. The lowest BCUT2D eigenvalue weighted by Gasteiger charge is -2.49. The SMILES string of the molecule is COCC1OC(OC2C(C)OC(O)C(O)C2O)C(O)C(O)C1OC1OC(CO)C(OC2OC(CO)C(OC3OC(CO)C(O)C(O)C3O)C(O)C2O)C(O)C1O. The maximum absolute atomic E-state index is 11.1. The second kappa shape index (κ2) is 19.6. The Morgan fingerprint density at radius 1 is 0.375 bits per heavy atom. The van der Waals surface area contributed by atoms with Gasteiger partial charge in [0.15, 0.2) is 31.5 Å². The van der Waals surface area contributed by atoms with Crippen molar-refractivity contribution in [3.63, 3.8) is 0 Å². The van der Waals surface area contributed by atoms with Gasteiger partial charge < -0.3 is 124 Å². The third kappa shape index (κ3) is 9.32. The van der Waals surface area contributed by atoms with Crippen LogP contribution in [-0.2, 0) is 47.4 Å². The molecule has 5 heterocycles. The Kier molecular flexibility index (Phi) is 16.1. The molecule has 25 atom stereocenters. The highest BCUT2D eigenvalue weighted by Crippen LogP contribution is 2.35. The van der Waals surface area contributed by atoms with E-state index in [-0.39, 0.29) is 6.61 Å². The van der Waals surface area contributed by atoms with Crippen molar-refractivity contribution in [3.8, 4) is 0 Å². The van der Waals surface area contributed by atoms with E-state index >= 15 is 0 Å². The quantitative estimate of drug-likeness (QED) is 0.0819. The first-order valence-corrected chi connectivity index (χ1v) is 17.9. The molecule has 25 nitrogen and oxygen atoms in total. The average Bonchev–Trinajstić information content (AvgIpc) is 3.17. The average molecular weight is 827 g/mol. The summed E-state index contributed by atoms with van der Waals surface area (Å²) >= 11 is 0. The van der Waals surface area contributed by atoms with Crippen LogP contribution in [-0.4, -0.2) is 264 Å². The molecule has 0 aromatic heterocycles. The standard InChI is InChI=1S/C31H54O25/c1-7-23(14(37)18(41)27(46)48-7)53-31-22(45)17(40)26(11(52-31)6-47-2)56-30-21(44)16(39)25(10(5-34)51-30)55-29-20(43)15(38)24(9(4-33)50-29)54-28-19(42)13(36)12(35)8(3-32)49-28/h7-46H,3-6H2,1-2H3. The van der Waals surface area contributed by atoms with Gasteiger partial charge in [0.2, 0.25) is 0 Å². The maximum Gasteiger partial charge on any atom is 0.187 e. The van der Waals surface area contributed by atoms with Crippen LogP contribution in [0.1, 0.15) is 6.92 Å². The third-order valence-electron chi connectivity index (χ3n) is 10.4. The molecule has 0 saturated carbocycles. The number of ether oxygens (including phenoxy) is 10. The molecule has 0 aromatic rings. The second-order valence-electron chi connectivity index (χ2n) is 14.2. The fourth-order valence-corrected chi connectivity index (χ4v) is 7.16. The van der Waals surface area contributed by atoms with Crippen LogP contribution in [0.2, 0.25) is 0 Å². The van der Waals surface area contributed by atoms with Gasteiger partial charge in [-0.1, -0.05) is 0 Å². The van der Waals surface area contributed by atoms with Crippen LogP contribution >= 0.6 is 0 Å². The van der Waals surface area contributed by atoms with E-state index in [0.29, 0.717) is 0 Å². The molecule has 5 fully saturated rings. The summed E-state index contributed by atoms with van der Waals surface area (Å²) in [6.07, 6.45) is -43.1. The monoisotopic (exact) mass is 826 g/mol. The van der Waals surface area contributed by atoms with Crippen molar-refractivity contribution in [2.75, 3.05) is 33.5 Å². The molecule has 0 amide bonds. The number of aliphatic hydroxyl groups excluding tert-OH is 15. The Bertz CT molecular complexity index is 1200. The fraction of sp³-hybridized carbons (Fsp3) is 1.00. The summed E-state index contributed by atoms with van der Waals surface area (Å²) < 4.78 is 55.2. The van der Waals surface area contributed by atoms with Gasteiger partial charge >= 0.3 is 0 Å². The molecular weight excluding hydrogens is 772 g/mol. The van der Waals surface area contributed by atoms with Crippen molar-refractivity contribution in [2.24, 2.45) is 0 Å². The van der Waals surface area contributed by atoms with Gasteiger partial charge in [0.25, 0.3) is 0 Å². The van der Waals surface area contributed by atoms with E-state index < -0.39 is 173 Å². The highest BCUT2D eigenvalue weighted by molar-refractivity contribution is 4.98. The van der Waals surface area contributed by atoms with Crippen molar-refractivity contribution in [3.05, 3.63) is 0 Å². The topological polar surface area (TPSA) is 396 Å². The third-order valence-corrected chi connectivity index (χ3v) is 10.4. The summed E-state index contributed by atoms with van der Waals surface area (Å²) in [6, 6.07) is 0. The molecule has 0 aromatic carbocycles. The minimum atomic E-state index is -2.05. The lowest BCUT2D eigenvalue weighted by atomic mass is 9.95. The van der Waals surface area contributed by atoms with Gasteiger partial charge in [-0.05, 0) is 6.92 Å². The van der Waals surface area contributed by atoms with Gasteiger partial charge in [-0.25, -0.2) is 0 Å². The molecule has 25 unspecified atom stereocenters. The zero-order valence-corrected chi connectivity index (χ0v) is 30.1. The van der Waals surface area contributed by atoms with Crippen molar-refractivity contribution in [1.82, 2.24) is 0 Å². The highest BCUT2D eigenvalue weighted by atomic mass is 16.8. The predicted octanol–water partition coefficient (Wildman–Crippen LogP) is -10.2. The molecule has 0 aliphatic carbocycles. The molecule has 15 N–H and O–H groups in total. The van der Waals surface area contributed by atoms with Gasteiger partial charge in [-0.2, -0.15) is 0 Å². The predicted molar refractivity (Wildman–Crippen MR) is 170 cm³/mol. The Morgan fingerprint density at radius 2 is 0.714 bits per heavy atom. The molecule has 5 aliphatic rings. The summed E-state index contributed by atoms with van der Waals surface area (Å²) in [5, 5.41) is 157. The van der Waals surface area contributed by atoms with Crippen LogP contribution in [0.3, 0.4) is 0 Å². The normalized spacial score (nSPS) is 53.2. The molecule has 328 valence electrons. The van der Waals surface area contributed by atoms with E-state index in [0.717, 1.165) is 0 Å². The molecule has 25 heteroatoms. The summed E-state index contributed by atoms with van der Waals surface area (Å²) in [5.74, 6) is 0. The fourth-order valence-electron chi connectivity index (χ4n) is 7.16. The molecule has 0 spiro atoms. The zero-order valence-electron chi connectivity index (χ0n) is 30.1. The first-order valence-electron chi connectivity index (χ1n) is 17.9. The smallest absolute Gasteiger partial charge is 0.187 e. The summed E-state index contributed by atoms with van der Waals surface area (Å²) in [6.45, 7) is -1.57. The van der Waals surface area contributed by atoms with Crippen LogP contribution in [0, 0.1) is 0 Å². The van der Waals surface area contributed by atoms with Crippen LogP contribution in [0.4, 0.5) is 0 Å². The molecule has 0 radical (unpaired) electrons. The van der Waals surface area contributed by atoms with E-state index in [9.17, 15) is 76.6 Å². The molecule has 5 aliphatic heterocycles. The lowest BCUT2D eigenvalue weighted by molar-refractivity contribution is -0.392. The first kappa shape index (κ1) is 46.1. The summed E-state index contributed by atoms with van der Waals surface area (Å²) in [4.78, 5) is 0. The zero-order chi connectivity index (χ0) is 41.3. The number of methoxy groups -OCH3 is 1. The minimum absolute atomic E-state index is 0.332. The number of hydrogen-bond acceptors (Lipinski definition) is 25. The molecule has 5 rings (SSSR count). The van der Waals surface area contributed by atoms with E-state index in [4.69, 9.17) is 47.4 Å². The van der Waals surface area contributed by atoms with Gasteiger partial charge in [-0.3, -0.25) is 0 Å². The van der Waals surface area contributed by atoms with Gasteiger partial charge in [0, 0.05) is 7.11 Å². The van der Waals surface area contributed by atoms with Crippen LogP contribution in [0.25, 0.3) is 0 Å². The van der Waals surface area contributed by atoms with Gasteiger partial charge in [0.1, 0.15) is 116 Å². The molecule has 56 heavy (non-hydrogen) atoms. The van der Waals surface area contributed by atoms with Crippen molar-refractivity contribution in [1.29, 1.82) is 0 Å². The summed E-state index contributed by atoms with van der Waals surface area (Å²) in [5.41, 5.74) is 0. The van der Waals surface area contributed by atoms with E-state index in [1.165, 1.54) is 14.0 Å². The molecule has 5 saturated heterocycles. The van der Waals surface area contributed by atoms with E-state index in [1.54, 1.807) is 0 Å². The lowest BCUT2D eigenvalue weighted by Crippen LogP contribution is -2.68. The van der Waals surface area contributed by atoms with E-state index in [1.807, 2.05) is 0 Å². The van der Waals surface area contributed by atoms with Crippen LogP contribution in [0.15, 0.2) is 0 Å². The second-order valence-corrected chi connectivity index (χ2v) is 14.2. The Labute approximate surface area is 318 Å². The van der Waals surface area contributed by atoms with Gasteiger partial charge in [0.05, 0.1) is 32.5 Å². The number of aliphatic hydroxyl groups is 15. The summed E-state index contributed by atoms with van der Waals surface area (Å²) in [7, 11) is 1.26. The molecule has 0 bridgehead atoms. The van der Waals surface area contributed by atoms with E-state index in [2.05, 4.69) is 0 Å². The maximum atomic E-state index is 11.1. The largest absolute Gasteiger partial charge is 0.394 e. The molecular formula is C31H54O25. The first-order chi connectivity index (χ1) is 26.5. The van der Waals surface area contributed by atoms with Gasteiger partial charge in [-0.15, -0.1) is 0 Å². The Morgan fingerprint density at radius 3 is 1.12 bits per heavy atom.